The first-order valence-electron chi connectivity index (χ1n) is 6.75. The first kappa shape index (κ1) is 15.2. The minimum atomic E-state index is -0.142. The van der Waals surface area contributed by atoms with Crippen molar-refractivity contribution in [2.75, 3.05) is 24.8 Å². The molecule has 6 nitrogen and oxygen atoms in total. The van der Waals surface area contributed by atoms with Gasteiger partial charge in [-0.25, -0.2) is 9.97 Å². The maximum atomic E-state index is 9.53. The Hall–Kier alpha value is -2.18. The van der Waals surface area contributed by atoms with Crippen LogP contribution in [0.25, 0.3) is 0 Å². The number of nitrogens with one attached hydrogen (secondary N) is 1. The minimum absolute atomic E-state index is 0.00157. The highest BCUT2D eigenvalue weighted by atomic mass is 16.5. The van der Waals surface area contributed by atoms with E-state index in [9.17, 15) is 5.11 Å². The van der Waals surface area contributed by atoms with E-state index in [0.717, 1.165) is 5.56 Å². The van der Waals surface area contributed by atoms with Crippen molar-refractivity contribution >= 4 is 11.6 Å². The predicted octanol–water partition coefficient (Wildman–Crippen LogP) is 1.22. The number of methoxy groups -OCH3 is 1. The zero-order valence-electron chi connectivity index (χ0n) is 12.0. The lowest BCUT2D eigenvalue weighted by Crippen LogP contribution is -2.27. The third-order valence-electron chi connectivity index (χ3n) is 2.96. The van der Waals surface area contributed by atoms with Crippen LogP contribution in [0, 0.1) is 0 Å². The summed E-state index contributed by atoms with van der Waals surface area (Å²) in [6, 6.07) is 11.5. The molecule has 0 aliphatic carbocycles. The minimum Gasteiger partial charge on any atom is -0.394 e. The Kier molecular flexibility index (Phi) is 5.48. The maximum Gasteiger partial charge on any atom is 0.158 e. The van der Waals surface area contributed by atoms with Crippen LogP contribution in [-0.4, -0.2) is 34.8 Å². The molecule has 1 atom stereocenters. The fraction of sp³-hybridized carbons (Fsp3) is 0.333. The molecule has 0 aliphatic heterocycles. The number of ether oxygens (including phenoxy) is 1. The third kappa shape index (κ3) is 4.70. The van der Waals surface area contributed by atoms with Gasteiger partial charge in [-0.15, -0.1) is 0 Å². The summed E-state index contributed by atoms with van der Waals surface area (Å²) in [5, 5.41) is 12.7. The van der Waals surface area contributed by atoms with E-state index in [2.05, 4.69) is 15.3 Å². The second-order valence-electron chi connectivity index (χ2n) is 4.74. The number of benzene rings is 1. The van der Waals surface area contributed by atoms with E-state index in [4.69, 9.17) is 10.5 Å². The van der Waals surface area contributed by atoms with E-state index in [1.54, 1.807) is 13.2 Å². The van der Waals surface area contributed by atoms with Crippen molar-refractivity contribution in [3.8, 4) is 0 Å². The molecule has 1 heterocycles. The molecule has 0 bridgehead atoms. The molecule has 2 aromatic rings. The molecule has 0 saturated heterocycles. The number of aromatic nitrogens is 2. The van der Waals surface area contributed by atoms with Gasteiger partial charge in [0, 0.05) is 13.2 Å². The van der Waals surface area contributed by atoms with Crippen LogP contribution >= 0.6 is 0 Å². The normalized spacial score (nSPS) is 12.1. The van der Waals surface area contributed by atoms with Gasteiger partial charge in [0.25, 0.3) is 0 Å². The van der Waals surface area contributed by atoms with Crippen LogP contribution < -0.4 is 11.1 Å². The second kappa shape index (κ2) is 7.56. The fourth-order valence-corrected chi connectivity index (χ4v) is 2.05. The Morgan fingerprint density at radius 1 is 1.29 bits per heavy atom. The van der Waals surface area contributed by atoms with Gasteiger partial charge in [0.15, 0.2) is 5.82 Å². The fourth-order valence-electron chi connectivity index (χ4n) is 2.05. The van der Waals surface area contributed by atoms with Crippen LogP contribution in [-0.2, 0) is 17.8 Å². The summed E-state index contributed by atoms with van der Waals surface area (Å²) < 4.78 is 5.01. The molecule has 0 spiro atoms. The molecule has 0 saturated carbocycles. The Balaban J connectivity index is 2.07. The smallest absolute Gasteiger partial charge is 0.158 e. The first-order valence-corrected chi connectivity index (χ1v) is 6.75. The molecular weight excluding hydrogens is 268 g/mol. The molecule has 0 aliphatic rings. The number of aliphatic hydroxyl groups is 1. The van der Waals surface area contributed by atoms with Gasteiger partial charge < -0.3 is 20.9 Å². The van der Waals surface area contributed by atoms with Crippen molar-refractivity contribution in [2.45, 2.75) is 19.1 Å². The lowest BCUT2D eigenvalue weighted by atomic mass is 10.1. The van der Waals surface area contributed by atoms with Crippen molar-refractivity contribution in [1.29, 1.82) is 0 Å². The van der Waals surface area contributed by atoms with Crippen molar-refractivity contribution in [2.24, 2.45) is 0 Å². The van der Waals surface area contributed by atoms with Crippen molar-refractivity contribution < 1.29 is 9.84 Å². The maximum absolute atomic E-state index is 9.53. The average Bonchev–Trinajstić information content (AvgIpc) is 2.47. The summed E-state index contributed by atoms with van der Waals surface area (Å²) in [5.74, 6) is 1.47. The van der Waals surface area contributed by atoms with Gasteiger partial charge in [0.1, 0.15) is 18.2 Å². The zero-order chi connectivity index (χ0) is 15.1. The molecule has 0 radical (unpaired) electrons. The molecular formula is C15H20N4O2. The van der Waals surface area contributed by atoms with Crippen molar-refractivity contribution in [3.05, 3.63) is 47.8 Å². The summed E-state index contributed by atoms with van der Waals surface area (Å²) in [7, 11) is 1.57. The van der Waals surface area contributed by atoms with Crippen LogP contribution in [0.15, 0.2) is 36.4 Å². The van der Waals surface area contributed by atoms with E-state index in [0.29, 0.717) is 30.5 Å². The number of rotatable bonds is 7. The van der Waals surface area contributed by atoms with Gasteiger partial charge >= 0.3 is 0 Å². The van der Waals surface area contributed by atoms with Crippen LogP contribution in [0.5, 0.6) is 0 Å². The van der Waals surface area contributed by atoms with Crippen molar-refractivity contribution in [3.63, 3.8) is 0 Å². The largest absolute Gasteiger partial charge is 0.394 e. The number of nitrogens with two attached hydrogens (primary N) is 1. The molecule has 6 heteroatoms. The molecule has 21 heavy (non-hydrogen) atoms. The topological polar surface area (TPSA) is 93.3 Å². The third-order valence-corrected chi connectivity index (χ3v) is 2.96. The van der Waals surface area contributed by atoms with Crippen molar-refractivity contribution in [1.82, 2.24) is 9.97 Å². The molecule has 112 valence electrons. The highest BCUT2D eigenvalue weighted by Gasteiger charge is 2.10. The van der Waals surface area contributed by atoms with Crippen LogP contribution in [0.4, 0.5) is 11.6 Å². The van der Waals surface area contributed by atoms with Gasteiger partial charge in [-0.3, -0.25) is 0 Å². The highest BCUT2D eigenvalue weighted by molar-refractivity contribution is 5.45. The summed E-state index contributed by atoms with van der Waals surface area (Å²) in [6.07, 6.45) is 0.695. The monoisotopic (exact) mass is 288 g/mol. The van der Waals surface area contributed by atoms with E-state index in [1.807, 2.05) is 30.3 Å². The van der Waals surface area contributed by atoms with Crippen LogP contribution in [0.1, 0.15) is 11.4 Å². The SMILES string of the molecule is COCc1nc(N)cc(NC(CO)Cc2ccccc2)n1. The lowest BCUT2D eigenvalue weighted by molar-refractivity contribution is 0.178. The first-order chi connectivity index (χ1) is 10.2. The van der Waals surface area contributed by atoms with E-state index >= 15 is 0 Å². The quantitative estimate of drug-likeness (QED) is 0.709. The van der Waals surface area contributed by atoms with E-state index in [1.165, 1.54) is 0 Å². The standard InChI is InChI=1S/C15H20N4O2/c1-21-10-15-18-13(16)8-14(19-15)17-12(9-20)7-11-5-3-2-4-6-11/h2-6,8,12,20H,7,9-10H2,1H3,(H3,16,17,18,19). The summed E-state index contributed by atoms with van der Waals surface area (Å²) in [5.41, 5.74) is 6.89. The molecule has 1 aromatic heterocycles. The van der Waals surface area contributed by atoms with Crippen LogP contribution in [0.3, 0.4) is 0 Å². The van der Waals surface area contributed by atoms with E-state index in [-0.39, 0.29) is 12.6 Å². The highest BCUT2D eigenvalue weighted by Crippen LogP contribution is 2.12. The Bertz CT molecular complexity index is 563. The molecule has 2 rings (SSSR count). The second-order valence-corrected chi connectivity index (χ2v) is 4.74. The Labute approximate surface area is 124 Å². The Morgan fingerprint density at radius 2 is 2.05 bits per heavy atom. The molecule has 1 aromatic carbocycles. The number of anilines is 2. The lowest BCUT2D eigenvalue weighted by Gasteiger charge is -2.17. The van der Waals surface area contributed by atoms with Gasteiger partial charge in [0.2, 0.25) is 0 Å². The number of nitrogens with zero attached hydrogens (tertiary/aromatic N) is 2. The Morgan fingerprint density at radius 3 is 2.71 bits per heavy atom. The number of hydrogen-bond donors (Lipinski definition) is 3. The van der Waals surface area contributed by atoms with Gasteiger partial charge in [-0.05, 0) is 12.0 Å². The molecule has 4 N–H and O–H groups in total. The molecule has 0 fully saturated rings. The van der Waals surface area contributed by atoms with Gasteiger partial charge in [-0.1, -0.05) is 30.3 Å². The molecule has 1 unspecified atom stereocenters. The zero-order valence-corrected chi connectivity index (χ0v) is 12.0. The van der Waals surface area contributed by atoms with Crippen LogP contribution in [0.2, 0.25) is 0 Å². The number of aliphatic hydroxyl groups excluding tert-OH is 1. The summed E-state index contributed by atoms with van der Waals surface area (Å²) in [6.45, 7) is 0.292. The summed E-state index contributed by atoms with van der Waals surface area (Å²) >= 11 is 0. The van der Waals surface area contributed by atoms with E-state index < -0.39 is 0 Å². The summed E-state index contributed by atoms with van der Waals surface area (Å²) in [4.78, 5) is 8.39. The van der Waals surface area contributed by atoms with Gasteiger partial charge in [0.05, 0.1) is 12.6 Å². The number of nitrogen functional groups attached to an aromatic ring is 1. The number of hydrogen-bond acceptors (Lipinski definition) is 6. The molecule has 0 amide bonds. The average molecular weight is 288 g/mol. The van der Waals surface area contributed by atoms with Gasteiger partial charge in [-0.2, -0.15) is 0 Å². The predicted molar refractivity (Wildman–Crippen MR) is 81.8 cm³/mol.